The van der Waals surface area contributed by atoms with E-state index in [2.05, 4.69) is 168 Å². The van der Waals surface area contributed by atoms with Gasteiger partial charge >= 0.3 is 0 Å². The minimum atomic E-state index is 0.625. The third kappa shape index (κ3) is 5.06. The summed E-state index contributed by atoms with van der Waals surface area (Å²) in [6.07, 6.45) is 0. The summed E-state index contributed by atoms with van der Waals surface area (Å²) in [5.74, 6) is 0.625. The number of rotatable bonds is 4. The van der Waals surface area contributed by atoms with Gasteiger partial charge in [-0.15, -0.1) is 0 Å². The summed E-state index contributed by atoms with van der Waals surface area (Å²) in [4.78, 5) is 10.9. The highest BCUT2D eigenvalue weighted by Crippen LogP contribution is 2.40. The summed E-state index contributed by atoms with van der Waals surface area (Å²) in [5.41, 5.74) is 9.90. The van der Waals surface area contributed by atoms with E-state index in [9.17, 15) is 5.26 Å². The molecule has 0 amide bonds. The molecule has 254 valence electrons. The van der Waals surface area contributed by atoms with Crippen LogP contribution in [0.2, 0.25) is 0 Å². The molecule has 0 bridgehead atoms. The number of nitrogens with zero attached hydrogens (tertiary/aromatic N) is 4. The van der Waals surface area contributed by atoms with Crippen LogP contribution in [0.4, 0.5) is 0 Å². The average molecular weight is 699 g/mol. The molecule has 0 aliphatic rings. The van der Waals surface area contributed by atoms with Crippen molar-refractivity contribution in [2.24, 2.45) is 0 Å². The van der Waals surface area contributed by atoms with Gasteiger partial charge in [0, 0.05) is 21.7 Å². The van der Waals surface area contributed by atoms with Crippen molar-refractivity contribution in [3.63, 3.8) is 0 Å². The van der Waals surface area contributed by atoms with Crippen molar-refractivity contribution >= 4 is 65.0 Å². The highest BCUT2D eigenvalue weighted by atomic mass is 15.2. The van der Waals surface area contributed by atoms with Crippen LogP contribution in [-0.2, 0) is 0 Å². The van der Waals surface area contributed by atoms with Gasteiger partial charge in [-0.2, -0.15) is 5.26 Å². The molecule has 0 N–H and O–H groups in total. The zero-order valence-electron chi connectivity index (χ0n) is 29.6. The van der Waals surface area contributed by atoms with Crippen molar-refractivity contribution in [3.05, 3.63) is 188 Å². The molecule has 2 aromatic heterocycles. The fourth-order valence-electron chi connectivity index (χ4n) is 8.23. The molecule has 0 saturated carbocycles. The topological polar surface area (TPSA) is 54.5 Å². The van der Waals surface area contributed by atoms with E-state index in [4.69, 9.17) is 9.97 Å². The van der Waals surface area contributed by atoms with Gasteiger partial charge in [-0.25, -0.2) is 9.97 Å². The van der Waals surface area contributed by atoms with Crippen molar-refractivity contribution in [2.45, 2.75) is 0 Å². The van der Waals surface area contributed by atoms with Gasteiger partial charge in [0.15, 0.2) is 0 Å². The Kier molecular flexibility index (Phi) is 6.89. The fraction of sp³-hybridized carbons (Fsp3) is 0. The van der Waals surface area contributed by atoms with Gasteiger partial charge in [0.05, 0.1) is 33.9 Å². The molecule has 55 heavy (non-hydrogen) atoms. The van der Waals surface area contributed by atoms with Gasteiger partial charge in [0.2, 0.25) is 5.95 Å². The van der Waals surface area contributed by atoms with Crippen LogP contribution in [0.3, 0.4) is 0 Å². The van der Waals surface area contributed by atoms with Crippen LogP contribution in [0.1, 0.15) is 5.56 Å². The Morgan fingerprint density at radius 1 is 0.400 bits per heavy atom. The highest BCUT2D eigenvalue weighted by molar-refractivity contribution is 6.23. The number of benzene rings is 9. The minimum absolute atomic E-state index is 0.625. The van der Waals surface area contributed by atoms with Crippen LogP contribution in [0.25, 0.3) is 104 Å². The molecule has 4 heteroatoms. The molecule has 0 atom stereocenters. The first-order valence-corrected chi connectivity index (χ1v) is 18.5. The maximum absolute atomic E-state index is 9.31. The first kappa shape index (κ1) is 31.0. The second-order valence-corrected chi connectivity index (χ2v) is 14.2. The van der Waals surface area contributed by atoms with E-state index in [-0.39, 0.29) is 0 Å². The second kappa shape index (κ2) is 12.2. The third-order valence-corrected chi connectivity index (χ3v) is 11.0. The summed E-state index contributed by atoms with van der Waals surface area (Å²) < 4.78 is 2.25. The molecule has 0 radical (unpaired) electrons. The van der Waals surface area contributed by atoms with E-state index in [1.807, 2.05) is 24.3 Å². The molecular formula is C51H30N4. The van der Waals surface area contributed by atoms with Crippen molar-refractivity contribution in [1.29, 1.82) is 5.26 Å². The van der Waals surface area contributed by atoms with Crippen LogP contribution < -0.4 is 0 Å². The van der Waals surface area contributed by atoms with E-state index in [1.54, 1.807) is 0 Å². The van der Waals surface area contributed by atoms with Gasteiger partial charge in [-0.05, 0) is 103 Å². The maximum Gasteiger partial charge on any atom is 0.235 e. The SMILES string of the molecule is N#Cc1ccc(-c2ccc(-c3nc(-n4c5cc6ccccc6cc5c5c6ccccc6ccc54)nc4cc(-c5ccc6ccccc6c5)ccc34)cc2)cc1. The third-order valence-electron chi connectivity index (χ3n) is 11.0. The lowest BCUT2D eigenvalue weighted by atomic mass is 9.98. The Labute approximate surface area is 316 Å². The smallest absolute Gasteiger partial charge is 0.235 e. The van der Waals surface area contributed by atoms with Crippen molar-refractivity contribution in [3.8, 4) is 45.5 Å². The molecule has 0 aliphatic carbocycles. The Balaban J connectivity index is 1.18. The molecule has 0 saturated heterocycles. The molecule has 4 nitrogen and oxygen atoms in total. The molecule has 0 spiro atoms. The van der Waals surface area contributed by atoms with Gasteiger partial charge in [0.1, 0.15) is 0 Å². The van der Waals surface area contributed by atoms with Crippen LogP contribution >= 0.6 is 0 Å². The Hall–Kier alpha value is -7.61. The minimum Gasteiger partial charge on any atom is -0.278 e. The first-order chi connectivity index (χ1) is 27.2. The molecular weight excluding hydrogens is 669 g/mol. The van der Waals surface area contributed by atoms with Crippen molar-refractivity contribution in [2.75, 3.05) is 0 Å². The van der Waals surface area contributed by atoms with Gasteiger partial charge in [-0.1, -0.05) is 133 Å². The Morgan fingerprint density at radius 2 is 0.982 bits per heavy atom. The van der Waals surface area contributed by atoms with Crippen LogP contribution in [0, 0.1) is 11.3 Å². The summed E-state index contributed by atoms with van der Waals surface area (Å²) >= 11 is 0. The number of aromatic nitrogens is 3. The molecule has 0 aliphatic heterocycles. The molecule has 0 fully saturated rings. The van der Waals surface area contributed by atoms with E-state index in [0.29, 0.717) is 11.5 Å². The monoisotopic (exact) mass is 698 g/mol. The normalized spacial score (nSPS) is 11.6. The van der Waals surface area contributed by atoms with Crippen LogP contribution in [0.15, 0.2) is 182 Å². The summed E-state index contributed by atoms with van der Waals surface area (Å²) in [7, 11) is 0. The number of nitriles is 1. The first-order valence-electron chi connectivity index (χ1n) is 18.5. The molecule has 11 aromatic rings. The zero-order chi connectivity index (χ0) is 36.5. The van der Waals surface area contributed by atoms with Gasteiger partial charge in [0.25, 0.3) is 0 Å². The molecule has 2 heterocycles. The lowest BCUT2D eigenvalue weighted by molar-refractivity contribution is 1.01. The largest absolute Gasteiger partial charge is 0.278 e. The average Bonchev–Trinajstić information content (AvgIpc) is 3.58. The lowest BCUT2D eigenvalue weighted by Gasteiger charge is -2.14. The Morgan fingerprint density at radius 3 is 1.75 bits per heavy atom. The summed E-state index contributed by atoms with van der Waals surface area (Å²) in [6.45, 7) is 0. The Bertz CT molecular complexity index is 3370. The van der Waals surface area contributed by atoms with E-state index < -0.39 is 0 Å². The lowest BCUT2D eigenvalue weighted by Crippen LogP contribution is -2.03. The zero-order valence-corrected chi connectivity index (χ0v) is 29.6. The van der Waals surface area contributed by atoms with E-state index in [1.165, 1.54) is 43.1 Å². The summed E-state index contributed by atoms with van der Waals surface area (Å²) in [5, 5.41) is 19.9. The summed E-state index contributed by atoms with van der Waals surface area (Å²) in [6, 6.07) is 66.3. The second-order valence-electron chi connectivity index (χ2n) is 14.2. The van der Waals surface area contributed by atoms with Crippen molar-refractivity contribution < 1.29 is 0 Å². The van der Waals surface area contributed by atoms with Gasteiger partial charge < -0.3 is 0 Å². The van der Waals surface area contributed by atoms with Gasteiger partial charge in [-0.3, -0.25) is 4.57 Å². The number of fused-ring (bicyclic) bond motifs is 8. The standard InChI is InChI=1S/C51H30N4/c52-31-32-13-15-34(16-14-32)35-17-20-37(21-18-35)50-44-25-23-42(41-22-19-33-7-1-2-9-38(33)27-41)29-46(44)53-51(54-50)55-47-26-24-36-8-5-6-12-43(36)49(47)45-28-39-10-3-4-11-40(39)30-48(45)55/h1-30H. The van der Waals surface area contributed by atoms with Crippen LogP contribution in [-0.4, -0.2) is 14.5 Å². The number of hydrogen-bond acceptors (Lipinski definition) is 3. The van der Waals surface area contributed by atoms with E-state index >= 15 is 0 Å². The maximum atomic E-state index is 9.31. The predicted octanol–water partition coefficient (Wildman–Crippen LogP) is 13.1. The van der Waals surface area contributed by atoms with Crippen molar-refractivity contribution in [1.82, 2.24) is 14.5 Å². The van der Waals surface area contributed by atoms with E-state index in [0.717, 1.165) is 55.4 Å². The molecule has 11 rings (SSSR count). The highest BCUT2D eigenvalue weighted by Gasteiger charge is 2.20. The fourth-order valence-corrected chi connectivity index (χ4v) is 8.23. The molecule has 0 unspecified atom stereocenters. The quantitative estimate of drug-likeness (QED) is 0.184. The molecule has 9 aromatic carbocycles. The predicted molar refractivity (Wildman–Crippen MR) is 227 cm³/mol. The van der Waals surface area contributed by atoms with Crippen LogP contribution in [0.5, 0.6) is 0 Å². The number of hydrogen-bond donors (Lipinski definition) is 0.